The van der Waals surface area contributed by atoms with Crippen LogP contribution in [0.3, 0.4) is 0 Å². The van der Waals surface area contributed by atoms with E-state index in [1.165, 1.54) is 36.1 Å². The van der Waals surface area contributed by atoms with E-state index in [1.807, 2.05) is 4.90 Å². The van der Waals surface area contributed by atoms with Gasteiger partial charge in [-0.05, 0) is 18.2 Å². The van der Waals surface area contributed by atoms with Gasteiger partial charge in [0.05, 0.1) is 25.3 Å². The summed E-state index contributed by atoms with van der Waals surface area (Å²) in [4.78, 5) is 32.6. The van der Waals surface area contributed by atoms with E-state index in [-0.39, 0.29) is 41.0 Å². The summed E-state index contributed by atoms with van der Waals surface area (Å²) in [5.74, 6) is 0.0686. The van der Waals surface area contributed by atoms with Crippen LogP contribution in [0.1, 0.15) is 21.9 Å². The number of hydrogen-bond acceptors (Lipinski definition) is 8. The Morgan fingerprint density at radius 3 is 2.63 bits per heavy atom. The second-order valence-electron chi connectivity index (χ2n) is 7.93. The number of carbonyl (C=O) groups is 1. The Balaban J connectivity index is 1.34. The molecule has 1 aromatic carbocycles. The van der Waals surface area contributed by atoms with Crippen molar-refractivity contribution in [2.24, 2.45) is 0 Å². The maximum atomic E-state index is 13.0. The maximum Gasteiger partial charge on any atom is 0.416 e. The molecule has 2 aromatic heterocycles. The van der Waals surface area contributed by atoms with Crippen molar-refractivity contribution in [3.8, 4) is 11.4 Å². The summed E-state index contributed by atoms with van der Waals surface area (Å²) in [5.41, 5.74) is -0.709. The number of hydrogen-bond donors (Lipinski definition) is 0. The predicted molar refractivity (Wildman–Crippen MR) is 116 cm³/mol. The zero-order valence-corrected chi connectivity index (χ0v) is 18.9. The van der Waals surface area contributed by atoms with Gasteiger partial charge in [-0.2, -0.15) is 23.3 Å². The molecule has 1 fully saturated rings. The van der Waals surface area contributed by atoms with Crippen LogP contribution in [0, 0.1) is 0 Å². The molecular weight excluding hydrogens is 469 g/mol. The fraction of sp³-hybridized carbons (Fsp3) is 0.409. The number of ether oxygens (including phenoxy) is 1. The lowest BCUT2D eigenvalue weighted by Crippen LogP contribution is -2.48. The molecule has 10 nitrogen and oxygen atoms in total. The first-order valence-corrected chi connectivity index (χ1v) is 10.8. The number of alkyl halides is 3. The molecule has 1 saturated heterocycles. The predicted octanol–water partition coefficient (Wildman–Crippen LogP) is 1.92. The number of aromatic nitrogens is 4. The lowest BCUT2D eigenvalue weighted by Gasteiger charge is -2.33. The monoisotopic (exact) mass is 492 g/mol. The number of benzene rings is 1. The molecule has 4 rings (SSSR count). The first kappa shape index (κ1) is 24.5. The maximum absolute atomic E-state index is 13.0. The van der Waals surface area contributed by atoms with Crippen LogP contribution in [0.4, 0.5) is 13.2 Å². The van der Waals surface area contributed by atoms with Crippen molar-refractivity contribution in [1.29, 1.82) is 0 Å². The van der Waals surface area contributed by atoms with Gasteiger partial charge in [0.25, 0.3) is 11.5 Å². The Morgan fingerprint density at radius 1 is 1.14 bits per heavy atom. The van der Waals surface area contributed by atoms with Crippen LogP contribution in [-0.4, -0.2) is 75.5 Å². The third kappa shape index (κ3) is 5.92. The van der Waals surface area contributed by atoms with Crippen molar-refractivity contribution < 1.29 is 27.2 Å². The van der Waals surface area contributed by atoms with Crippen molar-refractivity contribution in [2.75, 3.05) is 39.9 Å². The smallest absolute Gasteiger partial charge is 0.383 e. The molecular formula is C22H23F3N6O4. The molecule has 186 valence electrons. The third-order valence-electron chi connectivity index (χ3n) is 5.53. The molecule has 0 bridgehead atoms. The average molecular weight is 492 g/mol. The SMILES string of the molecule is COCCn1nc(C(=O)N2CCN(Cc3nc(-c4cccc(C(F)(F)F)c4)no3)CC2)ccc1=O. The Labute approximate surface area is 197 Å². The molecule has 1 aliphatic heterocycles. The standard InChI is InChI=1S/C22H23F3N6O4/c1-34-12-11-31-19(32)6-5-17(27-31)21(33)30-9-7-29(8-10-30)14-18-26-20(28-35-18)15-3-2-4-16(13-15)22(23,24)25/h2-6,13H,7-12,14H2,1H3. The zero-order chi connectivity index (χ0) is 25.0. The minimum Gasteiger partial charge on any atom is -0.383 e. The van der Waals surface area contributed by atoms with Gasteiger partial charge in [-0.15, -0.1) is 0 Å². The highest BCUT2D eigenvalue weighted by atomic mass is 19.4. The topological polar surface area (TPSA) is 107 Å². The second kappa shape index (κ2) is 10.4. The largest absolute Gasteiger partial charge is 0.416 e. The molecule has 1 amide bonds. The fourth-order valence-electron chi connectivity index (χ4n) is 3.63. The number of amides is 1. The number of halogens is 3. The van der Waals surface area contributed by atoms with E-state index in [9.17, 15) is 22.8 Å². The molecule has 0 atom stereocenters. The van der Waals surface area contributed by atoms with Crippen molar-refractivity contribution >= 4 is 5.91 Å². The van der Waals surface area contributed by atoms with E-state index >= 15 is 0 Å². The molecule has 35 heavy (non-hydrogen) atoms. The number of carbonyl (C=O) groups excluding carboxylic acids is 1. The highest BCUT2D eigenvalue weighted by Gasteiger charge is 2.31. The van der Waals surface area contributed by atoms with Crippen molar-refractivity contribution in [1.82, 2.24) is 29.7 Å². The van der Waals surface area contributed by atoms with Gasteiger partial charge in [0.2, 0.25) is 11.7 Å². The summed E-state index contributed by atoms with van der Waals surface area (Å²) in [6, 6.07) is 7.46. The Hall–Kier alpha value is -3.58. The van der Waals surface area contributed by atoms with E-state index in [4.69, 9.17) is 9.26 Å². The van der Waals surface area contributed by atoms with Crippen molar-refractivity contribution in [3.63, 3.8) is 0 Å². The molecule has 0 radical (unpaired) electrons. The van der Waals surface area contributed by atoms with Crippen LogP contribution in [0.15, 0.2) is 45.7 Å². The number of rotatable bonds is 7. The summed E-state index contributed by atoms with van der Waals surface area (Å²) < 4.78 is 50.3. The second-order valence-corrected chi connectivity index (χ2v) is 7.93. The molecule has 3 aromatic rings. The summed E-state index contributed by atoms with van der Waals surface area (Å²) in [6.45, 7) is 2.74. The summed E-state index contributed by atoms with van der Waals surface area (Å²) in [7, 11) is 1.51. The summed E-state index contributed by atoms with van der Waals surface area (Å²) >= 11 is 0. The van der Waals surface area contributed by atoms with Crippen LogP contribution in [0.5, 0.6) is 0 Å². The normalized spacial score (nSPS) is 14.9. The molecule has 0 spiro atoms. The highest BCUT2D eigenvalue weighted by molar-refractivity contribution is 5.92. The number of nitrogens with zero attached hydrogens (tertiary/aromatic N) is 6. The minimum absolute atomic E-state index is 0.0783. The number of methoxy groups -OCH3 is 1. The van der Waals surface area contributed by atoms with E-state index in [2.05, 4.69) is 15.2 Å². The van der Waals surface area contributed by atoms with Gasteiger partial charge in [0, 0.05) is 44.9 Å². The van der Waals surface area contributed by atoms with Gasteiger partial charge in [-0.1, -0.05) is 17.3 Å². The lowest BCUT2D eigenvalue weighted by molar-refractivity contribution is -0.137. The molecule has 0 aliphatic carbocycles. The van der Waals surface area contributed by atoms with Crippen LogP contribution in [0.2, 0.25) is 0 Å². The van der Waals surface area contributed by atoms with E-state index in [0.29, 0.717) is 39.3 Å². The minimum atomic E-state index is -4.46. The van der Waals surface area contributed by atoms with E-state index < -0.39 is 11.7 Å². The average Bonchev–Trinajstić information content (AvgIpc) is 3.32. The van der Waals surface area contributed by atoms with Crippen molar-refractivity contribution in [3.05, 3.63) is 63.9 Å². The molecule has 0 saturated carbocycles. The van der Waals surface area contributed by atoms with Crippen molar-refractivity contribution in [2.45, 2.75) is 19.3 Å². The number of piperazine rings is 1. The van der Waals surface area contributed by atoms with E-state index in [0.717, 1.165) is 12.1 Å². The first-order valence-electron chi connectivity index (χ1n) is 10.8. The van der Waals surface area contributed by atoms with E-state index in [1.54, 1.807) is 4.90 Å². The zero-order valence-electron chi connectivity index (χ0n) is 18.9. The van der Waals surface area contributed by atoms with Gasteiger partial charge in [0.1, 0.15) is 5.69 Å². The lowest BCUT2D eigenvalue weighted by atomic mass is 10.1. The van der Waals surface area contributed by atoms with Gasteiger partial charge in [-0.3, -0.25) is 14.5 Å². The molecule has 1 aliphatic rings. The van der Waals surface area contributed by atoms with Crippen LogP contribution in [-0.2, 0) is 24.0 Å². The van der Waals surface area contributed by atoms with Gasteiger partial charge >= 0.3 is 6.18 Å². The quantitative estimate of drug-likeness (QED) is 0.493. The highest BCUT2D eigenvalue weighted by Crippen LogP contribution is 2.31. The molecule has 0 N–H and O–H groups in total. The summed E-state index contributed by atoms with van der Waals surface area (Å²) in [6.07, 6.45) is -4.46. The Morgan fingerprint density at radius 2 is 1.91 bits per heavy atom. The van der Waals surface area contributed by atoms with Gasteiger partial charge in [0.15, 0.2) is 0 Å². The molecule has 0 unspecified atom stereocenters. The molecule has 3 heterocycles. The Bertz CT molecular complexity index is 1230. The third-order valence-corrected chi connectivity index (χ3v) is 5.53. The summed E-state index contributed by atoms with van der Waals surface area (Å²) in [5, 5.41) is 7.95. The van der Waals surface area contributed by atoms with Gasteiger partial charge < -0.3 is 14.2 Å². The first-order chi connectivity index (χ1) is 16.7. The van der Waals surface area contributed by atoms with Crippen LogP contribution < -0.4 is 5.56 Å². The van der Waals surface area contributed by atoms with Crippen LogP contribution in [0.25, 0.3) is 11.4 Å². The van der Waals surface area contributed by atoms with Crippen LogP contribution >= 0.6 is 0 Å². The Kier molecular flexibility index (Phi) is 7.26. The van der Waals surface area contributed by atoms with Gasteiger partial charge in [-0.25, -0.2) is 4.68 Å². The fourth-order valence-corrected chi connectivity index (χ4v) is 3.63. The molecule has 13 heteroatoms.